The van der Waals surface area contributed by atoms with E-state index in [1.54, 1.807) is 12.4 Å². The zero-order valence-corrected chi connectivity index (χ0v) is 7.13. The van der Waals surface area contributed by atoms with E-state index in [1.165, 1.54) is 0 Å². The van der Waals surface area contributed by atoms with Gasteiger partial charge in [0.05, 0.1) is 18.1 Å². The topological polar surface area (TPSA) is 51.8 Å². The van der Waals surface area contributed by atoms with Crippen LogP contribution in [0.25, 0.3) is 0 Å². The lowest BCUT2D eigenvalue weighted by molar-refractivity contribution is 0.566. The number of rotatable bonds is 0. The predicted octanol–water partition coefficient (Wildman–Crippen LogP) is 1.36. The number of hydrogen-bond acceptors (Lipinski definition) is 3. The van der Waals surface area contributed by atoms with Crippen LogP contribution in [0.2, 0.25) is 0 Å². The molecule has 3 heteroatoms. The maximum absolute atomic E-state index is 5.40. The van der Waals surface area contributed by atoms with Gasteiger partial charge in [0.15, 0.2) is 0 Å². The Morgan fingerprint density at radius 2 is 1.82 bits per heavy atom. The second kappa shape index (κ2) is 2.49. The molecule has 1 aromatic rings. The molecular weight excluding hydrogens is 138 g/mol. The van der Waals surface area contributed by atoms with Gasteiger partial charge in [0.1, 0.15) is 5.82 Å². The summed E-state index contributed by atoms with van der Waals surface area (Å²) in [6.45, 7) is 6.27. The molecule has 2 N–H and O–H groups in total. The zero-order chi connectivity index (χ0) is 8.48. The number of nitrogens with two attached hydrogens (primary N) is 1. The van der Waals surface area contributed by atoms with Crippen LogP contribution in [-0.4, -0.2) is 9.97 Å². The van der Waals surface area contributed by atoms with Crippen LogP contribution in [0.5, 0.6) is 0 Å². The fourth-order valence-corrected chi connectivity index (χ4v) is 0.725. The Morgan fingerprint density at radius 3 is 2.18 bits per heavy atom. The van der Waals surface area contributed by atoms with Crippen LogP contribution in [0.4, 0.5) is 5.82 Å². The zero-order valence-electron chi connectivity index (χ0n) is 7.13. The van der Waals surface area contributed by atoms with Crippen LogP contribution in [0.3, 0.4) is 0 Å². The highest BCUT2D eigenvalue weighted by atomic mass is 14.9. The Bertz CT molecular complexity index is 233. The molecule has 0 spiro atoms. The Morgan fingerprint density at radius 1 is 1.18 bits per heavy atom. The highest BCUT2D eigenvalue weighted by Crippen LogP contribution is 2.18. The quantitative estimate of drug-likeness (QED) is 0.609. The molecule has 11 heavy (non-hydrogen) atoms. The summed E-state index contributed by atoms with van der Waals surface area (Å²) in [4.78, 5) is 8.12. The Labute approximate surface area is 66.7 Å². The molecule has 1 heterocycles. The van der Waals surface area contributed by atoms with E-state index in [-0.39, 0.29) is 5.41 Å². The van der Waals surface area contributed by atoms with E-state index >= 15 is 0 Å². The van der Waals surface area contributed by atoms with Gasteiger partial charge in [-0.2, -0.15) is 0 Å². The summed E-state index contributed by atoms with van der Waals surface area (Å²) in [6.07, 6.45) is 3.30. The van der Waals surface area contributed by atoms with E-state index < -0.39 is 0 Å². The number of aromatic nitrogens is 2. The van der Waals surface area contributed by atoms with Gasteiger partial charge < -0.3 is 5.73 Å². The number of nitrogens with zero attached hydrogens (tertiary/aromatic N) is 2. The summed E-state index contributed by atoms with van der Waals surface area (Å²) < 4.78 is 0. The molecule has 60 valence electrons. The molecule has 0 aromatic carbocycles. The molecule has 0 radical (unpaired) electrons. The second-order valence-electron chi connectivity index (χ2n) is 3.58. The van der Waals surface area contributed by atoms with Crippen molar-refractivity contribution < 1.29 is 0 Å². The van der Waals surface area contributed by atoms with Gasteiger partial charge in [0.25, 0.3) is 0 Å². The lowest BCUT2D eigenvalue weighted by Crippen LogP contribution is -2.13. The van der Waals surface area contributed by atoms with E-state index in [2.05, 4.69) is 30.7 Å². The molecule has 0 fully saturated rings. The third-order valence-corrected chi connectivity index (χ3v) is 1.44. The SMILES string of the molecule is CC(C)(C)c1cnc(N)cn1. The first-order valence-corrected chi connectivity index (χ1v) is 3.58. The molecule has 0 unspecified atom stereocenters. The molecular formula is C8H13N3. The number of nitrogen functional groups attached to an aromatic ring is 1. The Kier molecular flexibility index (Phi) is 1.81. The maximum atomic E-state index is 5.40. The molecule has 0 amide bonds. The summed E-state index contributed by atoms with van der Waals surface area (Å²) >= 11 is 0. The summed E-state index contributed by atoms with van der Waals surface area (Å²) in [5.74, 6) is 0.470. The van der Waals surface area contributed by atoms with Crippen LogP contribution >= 0.6 is 0 Å². The fourth-order valence-electron chi connectivity index (χ4n) is 0.725. The van der Waals surface area contributed by atoms with Crippen molar-refractivity contribution in [3.8, 4) is 0 Å². The van der Waals surface area contributed by atoms with E-state index in [9.17, 15) is 0 Å². The Hall–Kier alpha value is -1.12. The fraction of sp³-hybridized carbons (Fsp3) is 0.500. The molecule has 0 aliphatic heterocycles. The van der Waals surface area contributed by atoms with Gasteiger partial charge in [-0.25, -0.2) is 4.98 Å². The second-order valence-corrected chi connectivity index (χ2v) is 3.58. The first kappa shape index (κ1) is 7.98. The van der Waals surface area contributed by atoms with Gasteiger partial charge >= 0.3 is 0 Å². The summed E-state index contributed by atoms with van der Waals surface area (Å²) in [5, 5.41) is 0. The van der Waals surface area contributed by atoms with Gasteiger partial charge in [0.2, 0.25) is 0 Å². The predicted molar refractivity (Wildman–Crippen MR) is 45.1 cm³/mol. The molecule has 0 aliphatic rings. The third-order valence-electron chi connectivity index (χ3n) is 1.44. The molecule has 0 atom stereocenters. The molecule has 0 saturated heterocycles. The summed E-state index contributed by atoms with van der Waals surface area (Å²) in [7, 11) is 0. The smallest absolute Gasteiger partial charge is 0.141 e. The van der Waals surface area contributed by atoms with Gasteiger partial charge in [-0.15, -0.1) is 0 Å². The van der Waals surface area contributed by atoms with Crippen molar-refractivity contribution in [2.45, 2.75) is 26.2 Å². The highest BCUT2D eigenvalue weighted by Gasteiger charge is 2.14. The first-order chi connectivity index (χ1) is 5.00. The number of anilines is 1. The molecule has 0 aliphatic carbocycles. The lowest BCUT2D eigenvalue weighted by Gasteiger charge is -2.16. The van der Waals surface area contributed by atoms with Crippen LogP contribution in [0.15, 0.2) is 12.4 Å². The van der Waals surface area contributed by atoms with Crippen LogP contribution in [0.1, 0.15) is 26.5 Å². The van der Waals surface area contributed by atoms with Crippen LogP contribution in [0, 0.1) is 0 Å². The molecule has 1 rings (SSSR count). The van der Waals surface area contributed by atoms with Gasteiger partial charge in [0, 0.05) is 5.41 Å². The van der Waals surface area contributed by atoms with E-state index in [0.29, 0.717) is 5.82 Å². The standard InChI is InChI=1S/C8H13N3/c1-8(2,3)6-4-11-7(9)5-10-6/h4-5H,1-3H3,(H2,9,11). The molecule has 3 nitrogen and oxygen atoms in total. The Balaban J connectivity index is 2.99. The van der Waals surface area contributed by atoms with Crippen molar-refractivity contribution in [2.75, 3.05) is 5.73 Å². The van der Waals surface area contributed by atoms with Gasteiger partial charge in [-0.3, -0.25) is 4.98 Å². The number of hydrogen-bond donors (Lipinski definition) is 1. The minimum absolute atomic E-state index is 0.0562. The summed E-state index contributed by atoms with van der Waals surface area (Å²) in [5.41, 5.74) is 6.42. The van der Waals surface area contributed by atoms with E-state index in [4.69, 9.17) is 5.73 Å². The van der Waals surface area contributed by atoms with Crippen molar-refractivity contribution in [3.63, 3.8) is 0 Å². The van der Waals surface area contributed by atoms with Crippen LogP contribution in [-0.2, 0) is 5.41 Å². The largest absolute Gasteiger partial charge is 0.382 e. The van der Waals surface area contributed by atoms with Gasteiger partial charge in [-0.05, 0) is 0 Å². The van der Waals surface area contributed by atoms with Gasteiger partial charge in [-0.1, -0.05) is 20.8 Å². The average molecular weight is 151 g/mol. The highest BCUT2D eigenvalue weighted by molar-refractivity contribution is 5.24. The minimum Gasteiger partial charge on any atom is -0.382 e. The van der Waals surface area contributed by atoms with Crippen molar-refractivity contribution in [1.82, 2.24) is 9.97 Å². The molecule has 0 bridgehead atoms. The maximum Gasteiger partial charge on any atom is 0.141 e. The van der Waals surface area contributed by atoms with E-state index in [1.807, 2.05) is 0 Å². The normalized spacial score (nSPS) is 11.5. The minimum atomic E-state index is 0.0562. The third kappa shape index (κ3) is 1.90. The van der Waals surface area contributed by atoms with Crippen molar-refractivity contribution in [2.24, 2.45) is 0 Å². The monoisotopic (exact) mass is 151 g/mol. The van der Waals surface area contributed by atoms with Crippen molar-refractivity contribution in [3.05, 3.63) is 18.1 Å². The molecule has 1 aromatic heterocycles. The first-order valence-electron chi connectivity index (χ1n) is 3.58. The summed E-state index contributed by atoms with van der Waals surface area (Å²) in [6, 6.07) is 0. The van der Waals surface area contributed by atoms with Crippen molar-refractivity contribution in [1.29, 1.82) is 0 Å². The lowest BCUT2D eigenvalue weighted by atomic mass is 9.93. The van der Waals surface area contributed by atoms with E-state index in [0.717, 1.165) is 5.69 Å². The van der Waals surface area contributed by atoms with Crippen LogP contribution < -0.4 is 5.73 Å². The molecule has 0 saturated carbocycles. The van der Waals surface area contributed by atoms with Crippen molar-refractivity contribution >= 4 is 5.82 Å². The average Bonchev–Trinajstić information content (AvgIpc) is 1.86.